The molecule has 2 aliphatic rings. The predicted molar refractivity (Wildman–Crippen MR) is 65.8 cm³/mol. The van der Waals surface area contributed by atoms with E-state index in [2.05, 4.69) is 0 Å². The number of rotatable bonds is 5. The number of likely N-dealkylation sites (tertiary alicyclic amines) is 1. The summed E-state index contributed by atoms with van der Waals surface area (Å²) in [7, 11) is 0. The van der Waals surface area contributed by atoms with Crippen molar-refractivity contribution in [2.45, 2.75) is 31.7 Å². The van der Waals surface area contributed by atoms with Crippen LogP contribution in [-0.2, 0) is 9.59 Å². The van der Waals surface area contributed by atoms with Gasteiger partial charge in [-0.1, -0.05) is 13.3 Å². The molecule has 0 spiro atoms. The minimum absolute atomic E-state index is 0.346. The highest BCUT2D eigenvalue weighted by Gasteiger charge is 2.57. The molecule has 6 heteroatoms. The van der Waals surface area contributed by atoms with Crippen LogP contribution >= 0.6 is 0 Å². The number of aliphatic hydroxyl groups is 3. The van der Waals surface area contributed by atoms with Gasteiger partial charge in [-0.25, -0.2) is 0 Å². The molecule has 1 saturated heterocycles. The molecule has 0 aromatic rings. The van der Waals surface area contributed by atoms with Crippen LogP contribution in [0.15, 0.2) is 0 Å². The van der Waals surface area contributed by atoms with E-state index in [0.717, 1.165) is 11.3 Å². The average molecular weight is 271 g/mol. The van der Waals surface area contributed by atoms with E-state index in [-0.39, 0.29) is 23.7 Å². The molecule has 0 aromatic carbocycles. The molecular weight excluding hydrogens is 250 g/mol. The summed E-state index contributed by atoms with van der Waals surface area (Å²) in [5.41, 5.74) is -1.57. The first kappa shape index (κ1) is 14.4. The van der Waals surface area contributed by atoms with Gasteiger partial charge < -0.3 is 15.3 Å². The lowest BCUT2D eigenvalue weighted by Crippen LogP contribution is -2.60. The van der Waals surface area contributed by atoms with Gasteiger partial charge in [-0.15, -0.1) is 0 Å². The van der Waals surface area contributed by atoms with Crippen LogP contribution in [0.1, 0.15) is 26.2 Å². The third-order valence-corrected chi connectivity index (χ3v) is 4.67. The van der Waals surface area contributed by atoms with Gasteiger partial charge in [0.25, 0.3) is 0 Å². The van der Waals surface area contributed by atoms with E-state index in [9.17, 15) is 24.9 Å². The quantitative estimate of drug-likeness (QED) is 0.564. The fourth-order valence-electron chi connectivity index (χ4n) is 3.29. The monoisotopic (exact) mass is 271 g/mol. The van der Waals surface area contributed by atoms with E-state index in [4.69, 9.17) is 0 Å². The van der Waals surface area contributed by atoms with Gasteiger partial charge in [0, 0.05) is 0 Å². The molecule has 1 aliphatic carbocycles. The molecule has 0 bridgehead atoms. The van der Waals surface area contributed by atoms with E-state index >= 15 is 0 Å². The van der Waals surface area contributed by atoms with Crippen LogP contribution in [0, 0.1) is 17.8 Å². The Bertz CT molecular complexity index is 347. The molecule has 2 atom stereocenters. The molecule has 2 amide bonds. The summed E-state index contributed by atoms with van der Waals surface area (Å²) in [4.78, 5) is 25.6. The Morgan fingerprint density at radius 2 is 1.47 bits per heavy atom. The summed E-state index contributed by atoms with van der Waals surface area (Å²) in [6, 6.07) is 0. The van der Waals surface area contributed by atoms with Crippen LogP contribution in [0.4, 0.5) is 0 Å². The van der Waals surface area contributed by atoms with E-state index in [1.54, 1.807) is 0 Å². The molecule has 2 rings (SSSR count). The zero-order chi connectivity index (χ0) is 14.2. The first-order valence-corrected chi connectivity index (χ1v) is 6.75. The van der Waals surface area contributed by atoms with Crippen LogP contribution in [-0.4, -0.2) is 57.4 Å². The van der Waals surface area contributed by atoms with Crippen molar-refractivity contribution >= 4 is 11.8 Å². The highest BCUT2D eigenvalue weighted by Crippen LogP contribution is 2.46. The summed E-state index contributed by atoms with van der Waals surface area (Å²) in [6.45, 7) is 0.147. The highest BCUT2D eigenvalue weighted by atomic mass is 16.3. The Morgan fingerprint density at radius 3 is 1.79 bits per heavy atom. The van der Waals surface area contributed by atoms with Crippen molar-refractivity contribution in [2.75, 3.05) is 19.8 Å². The normalized spacial score (nSPS) is 31.2. The van der Waals surface area contributed by atoms with Gasteiger partial charge in [-0.05, 0) is 18.8 Å². The topological polar surface area (TPSA) is 98.1 Å². The van der Waals surface area contributed by atoms with Crippen LogP contribution in [0.3, 0.4) is 0 Å². The van der Waals surface area contributed by atoms with E-state index in [1.165, 1.54) is 0 Å². The Labute approximate surface area is 112 Å². The molecule has 1 heterocycles. The van der Waals surface area contributed by atoms with Crippen molar-refractivity contribution in [3.05, 3.63) is 0 Å². The van der Waals surface area contributed by atoms with E-state index < -0.39 is 25.4 Å². The summed E-state index contributed by atoms with van der Waals surface area (Å²) < 4.78 is 0. The molecule has 1 saturated carbocycles. The molecule has 0 aromatic heterocycles. The summed E-state index contributed by atoms with van der Waals surface area (Å²) >= 11 is 0. The molecule has 108 valence electrons. The zero-order valence-corrected chi connectivity index (χ0v) is 11.1. The molecule has 1 aliphatic heterocycles. The maximum Gasteiger partial charge on any atom is 0.233 e. The predicted octanol–water partition coefficient (Wildman–Crippen LogP) is -0.877. The number of carbonyl (C=O) groups is 2. The molecular formula is C13H21NO5. The number of aliphatic hydroxyl groups excluding tert-OH is 3. The van der Waals surface area contributed by atoms with Crippen LogP contribution in [0.5, 0.6) is 0 Å². The lowest BCUT2D eigenvalue weighted by molar-refractivity contribution is -0.155. The van der Waals surface area contributed by atoms with Crippen molar-refractivity contribution in [1.29, 1.82) is 0 Å². The molecule has 2 fully saturated rings. The number of carbonyl (C=O) groups excluding carboxylic acids is 2. The van der Waals surface area contributed by atoms with Crippen LogP contribution in [0.2, 0.25) is 0 Å². The van der Waals surface area contributed by atoms with Crippen LogP contribution in [0.25, 0.3) is 0 Å². The number of imide groups is 1. The first-order valence-electron chi connectivity index (χ1n) is 6.75. The Morgan fingerprint density at radius 1 is 1.05 bits per heavy atom. The third-order valence-electron chi connectivity index (χ3n) is 4.67. The van der Waals surface area contributed by atoms with Gasteiger partial charge in [-0.2, -0.15) is 0 Å². The first-order chi connectivity index (χ1) is 9.04. The fourth-order valence-corrected chi connectivity index (χ4v) is 3.29. The van der Waals surface area contributed by atoms with Gasteiger partial charge in [0.1, 0.15) is 5.54 Å². The van der Waals surface area contributed by atoms with Crippen LogP contribution < -0.4 is 0 Å². The Kier molecular flexibility index (Phi) is 3.94. The van der Waals surface area contributed by atoms with Gasteiger partial charge in [0.2, 0.25) is 11.8 Å². The molecule has 0 radical (unpaired) electrons. The van der Waals surface area contributed by atoms with E-state index in [1.807, 2.05) is 6.92 Å². The molecule has 19 heavy (non-hydrogen) atoms. The second kappa shape index (κ2) is 5.19. The fraction of sp³-hybridized carbons (Fsp3) is 0.846. The Hall–Kier alpha value is -0.980. The van der Waals surface area contributed by atoms with Gasteiger partial charge in [0.05, 0.1) is 31.7 Å². The average Bonchev–Trinajstić information content (AvgIpc) is 2.96. The van der Waals surface area contributed by atoms with Gasteiger partial charge in [0.15, 0.2) is 0 Å². The lowest BCUT2D eigenvalue weighted by atomic mass is 9.98. The summed E-state index contributed by atoms with van der Waals surface area (Å²) in [6.07, 6.45) is 2.31. The van der Waals surface area contributed by atoms with Crippen molar-refractivity contribution in [1.82, 2.24) is 4.90 Å². The highest BCUT2D eigenvalue weighted by molar-refractivity contribution is 6.06. The van der Waals surface area contributed by atoms with Crippen molar-refractivity contribution in [2.24, 2.45) is 17.8 Å². The standard InChI is InChI=1S/C13H21NO5/c1-2-8-3-9-10(4-8)12(19)14(11(9)18)13(5-15,6-16)7-17/h8-10,15-17H,2-7H2,1H3. The molecule has 6 nitrogen and oxygen atoms in total. The maximum atomic E-state index is 12.4. The number of hydrogen-bond donors (Lipinski definition) is 3. The lowest BCUT2D eigenvalue weighted by Gasteiger charge is -2.36. The molecule has 3 N–H and O–H groups in total. The number of nitrogens with zero attached hydrogens (tertiary/aromatic N) is 1. The van der Waals surface area contributed by atoms with Crippen molar-refractivity contribution < 1.29 is 24.9 Å². The van der Waals surface area contributed by atoms with Crippen molar-refractivity contribution in [3.63, 3.8) is 0 Å². The third kappa shape index (κ3) is 1.98. The molecule has 2 unspecified atom stereocenters. The Balaban J connectivity index is 2.27. The van der Waals surface area contributed by atoms with Gasteiger partial charge in [-0.3, -0.25) is 14.5 Å². The van der Waals surface area contributed by atoms with E-state index in [0.29, 0.717) is 18.8 Å². The minimum atomic E-state index is -1.57. The van der Waals surface area contributed by atoms with Gasteiger partial charge >= 0.3 is 0 Å². The summed E-state index contributed by atoms with van der Waals surface area (Å²) in [5, 5.41) is 28.1. The number of fused-ring (bicyclic) bond motifs is 1. The second-order valence-corrected chi connectivity index (χ2v) is 5.67. The zero-order valence-electron chi connectivity index (χ0n) is 11.1. The largest absolute Gasteiger partial charge is 0.394 e. The minimum Gasteiger partial charge on any atom is -0.394 e. The maximum absolute atomic E-state index is 12.4. The summed E-state index contributed by atoms with van der Waals surface area (Å²) in [5.74, 6) is -1.02. The SMILES string of the molecule is CCC1CC2C(=O)N(C(CO)(CO)CO)C(=O)C2C1. The number of amides is 2. The smallest absolute Gasteiger partial charge is 0.233 e. The second-order valence-electron chi connectivity index (χ2n) is 5.67. The number of hydrogen-bond acceptors (Lipinski definition) is 5. The van der Waals surface area contributed by atoms with Crippen molar-refractivity contribution in [3.8, 4) is 0 Å².